The molecule has 0 aliphatic heterocycles. The highest BCUT2D eigenvalue weighted by Crippen LogP contribution is 2.13. The van der Waals surface area contributed by atoms with Gasteiger partial charge in [0.15, 0.2) is 0 Å². The Balaban J connectivity index is 2.11. The largest absolute Gasteiger partial charge is 0.280 e. The van der Waals surface area contributed by atoms with E-state index in [-0.39, 0.29) is 5.56 Å². The fraction of sp³-hybridized carbons (Fsp3) is 0.133. The Kier molecular flexibility index (Phi) is 2.52. The Morgan fingerprint density at radius 2 is 1.89 bits per heavy atom. The molecule has 0 spiro atoms. The van der Waals surface area contributed by atoms with Crippen LogP contribution in [0.15, 0.2) is 53.3 Å². The van der Waals surface area contributed by atoms with Gasteiger partial charge in [-0.15, -0.1) is 0 Å². The third-order valence-corrected chi connectivity index (χ3v) is 3.11. The van der Waals surface area contributed by atoms with E-state index in [1.807, 2.05) is 48.0 Å². The minimum atomic E-state index is -0.0235. The number of hydrogen-bond acceptors (Lipinski definition) is 1. The van der Waals surface area contributed by atoms with Gasteiger partial charge in [0.05, 0.1) is 17.4 Å². The molecule has 1 aromatic heterocycles. The first-order valence-corrected chi connectivity index (χ1v) is 5.97. The molecule has 0 aliphatic carbocycles. The van der Waals surface area contributed by atoms with E-state index in [1.54, 1.807) is 0 Å². The highest BCUT2D eigenvalue weighted by molar-refractivity contribution is 5.79. The molecule has 3 rings (SSSR count). The van der Waals surface area contributed by atoms with Crippen LogP contribution in [0.25, 0.3) is 10.9 Å². The summed E-state index contributed by atoms with van der Waals surface area (Å²) >= 11 is 0. The molecule has 90 valence electrons. The number of aryl methyl sites for hydroxylation is 1. The van der Waals surface area contributed by atoms with Crippen molar-refractivity contribution in [1.82, 2.24) is 9.78 Å². The first-order valence-electron chi connectivity index (χ1n) is 5.97. The summed E-state index contributed by atoms with van der Waals surface area (Å²) in [6, 6.07) is 16.0. The number of nitrogens with one attached hydrogen (secondary N) is 1. The molecular formula is C15H14N2O. The Morgan fingerprint density at radius 3 is 2.67 bits per heavy atom. The first-order chi connectivity index (χ1) is 8.74. The van der Waals surface area contributed by atoms with Crippen molar-refractivity contribution in [3.8, 4) is 0 Å². The topological polar surface area (TPSA) is 37.8 Å². The van der Waals surface area contributed by atoms with Crippen molar-refractivity contribution >= 4 is 10.9 Å². The molecule has 18 heavy (non-hydrogen) atoms. The van der Waals surface area contributed by atoms with Crippen LogP contribution >= 0.6 is 0 Å². The molecule has 0 saturated heterocycles. The minimum Gasteiger partial charge on any atom is -0.280 e. The summed E-state index contributed by atoms with van der Waals surface area (Å²) in [7, 11) is 0. The second kappa shape index (κ2) is 4.18. The van der Waals surface area contributed by atoms with E-state index in [9.17, 15) is 4.79 Å². The van der Waals surface area contributed by atoms with Crippen LogP contribution in [-0.4, -0.2) is 9.78 Å². The highest BCUT2D eigenvalue weighted by atomic mass is 16.1. The molecule has 0 unspecified atom stereocenters. The minimum absolute atomic E-state index is 0.0235. The zero-order valence-electron chi connectivity index (χ0n) is 10.2. The number of fused-ring (bicyclic) bond motifs is 1. The van der Waals surface area contributed by atoms with Crippen molar-refractivity contribution < 1.29 is 0 Å². The van der Waals surface area contributed by atoms with Gasteiger partial charge in [-0.3, -0.25) is 14.6 Å². The van der Waals surface area contributed by atoms with Crippen LogP contribution in [-0.2, 0) is 6.54 Å². The van der Waals surface area contributed by atoms with Gasteiger partial charge in [0.2, 0.25) is 0 Å². The summed E-state index contributed by atoms with van der Waals surface area (Å²) in [5.74, 6) is 0. The predicted molar refractivity (Wildman–Crippen MR) is 72.8 cm³/mol. The molecule has 1 heterocycles. The smallest absolute Gasteiger partial charge is 0.271 e. The maximum atomic E-state index is 11.9. The summed E-state index contributed by atoms with van der Waals surface area (Å²) in [6.45, 7) is 2.68. The SMILES string of the molecule is Cc1ccc2c(c1)c(=O)[nH]n2Cc1ccccc1. The summed E-state index contributed by atoms with van der Waals surface area (Å²) in [5, 5.41) is 3.64. The second-order valence-corrected chi connectivity index (χ2v) is 4.53. The van der Waals surface area contributed by atoms with Gasteiger partial charge in [0, 0.05) is 0 Å². The van der Waals surface area contributed by atoms with Crippen LogP contribution in [0.2, 0.25) is 0 Å². The Labute approximate surface area is 105 Å². The van der Waals surface area contributed by atoms with Gasteiger partial charge >= 0.3 is 0 Å². The Morgan fingerprint density at radius 1 is 1.11 bits per heavy atom. The van der Waals surface area contributed by atoms with Crippen LogP contribution in [0.1, 0.15) is 11.1 Å². The third kappa shape index (κ3) is 1.84. The van der Waals surface area contributed by atoms with Crippen LogP contribution in [0.3, 0.4) is 0 Å². The van der Waals surface area contributed by atoms with E-state index >= 15 is 0 Å². The second-order valence-electron chi connectivity index (χ2n) is 4.53. The van der Waals surface area contributed by atoms with Crippen molar-refractivity contribution in [2.75, 3.05) is 0 Å². The third-order valence-electron chi connectivity index (χ3n) is 3.11. The molecule has 3 nitrogen and oxygen atoms in total. The normalized spacial score (nSPS) is 10.9. The molecule has 0 atom stereocenters. The lowest BCUT2D eigenvalue weighted by atomic mass is 10.2. The number of rotatable bonds is 2. The number of aromatic nitrogens is 2. The lowest BCUT2D eigenvalue weighted by Crippen LogP contribution is -2.06. The van der Waals surface area contributed by atoms with Gasteiger partial charge in [0.25, 0.3) is 5.56 Å². The molecule has 3 aromatic rings. The van der Waals surface area contributed by atoms with E-state index in [2.05, 4.69) is 17.2 Å². The molecule has 2 aromatic carbocycles. The van der Waals surface area contributed by atoms with E-state index < -0.39 is 0 Å². The number of benzene rings is 2. The maximum absolute atomic E-state index is 11.9. The Hall–Kier alpha value is -2.29. The molecule has 3 heteroatoms. The van der Waals surface area contributed by atoms with Crippen molar-refractivity contribution in [2.45, 2.75) is 13.5 Å². The summed E-state index contributed by atoms with van der Waals surface area (Å²) in [5.41, 5.74) is 3.20. The van der Waals surface area contributed by atoms with Gasteiger partial charge in [-0.25, -0.2) is 0 Å². The highest BCUT2D eigenvalue weighted by Gasteiger charge is 2.06. The summed E-state index contributed by atoms with van der Waals surface area (Å²) in [4.78, 5) is 11.9. The van der Waals surface area contributed by atoms with Gasteiger partial charge < -0.3 is 0 Å². The van der Waals surface area contributed by atoms with Crippen LogP contribution in [0.5, 0.6) is 0 Å². The quantitative estimate of drug-likeness (QED) is 0.732. The predicted octanol–water partition coefficient (Wildman–Crippen LogP) is 2.69. The number of H-pyrrole nitrogens is 1. The lowest BCUT2D eigenvalue weighted by molar-refractivity contribution is 0.703. The van der Waals surface area contributed by atoms with Crippen molar-refractivity contribution in [1.29, 1.82) is 0 Å². The lowest BCUT2D eigenvalue weighted by Gasteiger charge is -2.04. The van der Waals surface area contributed by atoms with E-state index in [0.29, 0.717) is 6.54 Å². The van der Waals surface area contributed by atoms with Crippen LogP contribution in [0, 0.1) is 6.92 Å². The van der Waals surface area contributed by atoms with Gasteiger partial charge in [0.1, 0.15) is 0 Å². The molecule has 0 amide bonds. The van der Waals surface area contributed by atoms with Crippen LogP contribution < -0.4 is 5.56 Å². The van der Waals surface area contributed by atoms with Crippen molar-refractivity contribution in [3.63, 3.8) is 0 Å². The molecular weight excluding hydrogens is 224 g/mol. The molecule has 0 aliphatic rings. The monoisotopic (exact) mass is 238 g/mol. The van der Waals surface area contributed by atoms with E-state index in [4.69, 9.17) is 0 Å². The first kappa shape index (κ1) is 10.8. The molecule has 1 N–H and O–H groups in total. The summed E-state index contributed by atoms with van der Waals surface area (Å²) < 4.78 is 1.90. The van der Waals surface area contributed by atoms with Crippen molar-refractivity contribution in [3.05, 3.63) is 70.0 Å². The maximum Gasteiger partial charge on any atom is 0.271 e. The fourth-order valence-electron chi connectivity index (χ4n) is 2.20. The van der Waals surface area contributed by atoms with E-state index in [1.165, 1.54) is 5.56 Å². The summed E-state index contributed by atoms with van der Waals surface area (Å²) in [6.07, 6.45) is 0. The zero-order chi connectivity index (χ0) is 12.5. The van der Waals surface area contributed by atoms with Crippen molar-refractivity contribution in [2.24, 2.45) is 0 Å². The average molecular weight is 238 g/mol. The van der Waals surface area contributed by atoms with Gasteiger partial charge in [-0.05, 0) is 24.6 Å². The van der Waals surface area contributed by atoms with Crippen LogP contribution in [0.4, 0.5) is 0 Å². The Bertz CT molecular complexity index is 738. The van der Waals surface area contributed by atoms with E-state index in [0.717, 1.165) is 16.5 Å². The van der Waals surface area contributed by atoms with Gasteiger partial charge in [-0.1, -0.05) is 42.0 Å². The molecule has 0 saturated carbocycles. The van der Waals surface area contributed by atoms with Gasteiger partial charge in [-0.2, -0.15) is 0 Å². The number of hydrogen-bond donors (Lipinski definition) is 1. The number of nitrogens with zero attached hydrogens (tertiary/aromatic N) is 1. The number of aromatic amines is 1. The molecule has 0 fully saturated rings. The molecule has 0 radical (unpaired) electrons. The molecule has 0 bridgehead atoms. The fourth-order valence-corrected chi connectivity index (χ4v) is 2.20. The average Bonchev–Trinajstić information content (AvgIpc) is 2.67. The zero-order valence-corrected chi connectivity index (χ0v) is 10.2. The standard InChI is InChI=1S/C15H14N2O/c1-11-7-8-14-13(9-11)15(18)16-17(14)10-12-5-3-2-4-6-12/h2-9H,10H2,1H3,(H,16,18).